The molecule has 3 heterocycles. The van der Waals surface area contributed by atoms with Crippen molar-refractivity contribution in [2.75, 3.05) is 19.6 Å². The molecule has 1 fully saturated rings. The van der Waals surface area contributed by atoms with Crippen molar-refractivity contribution < 1.29 is 9.50 Å². The summed E-state index contributed by atoms with van der Waals surface area (Å²) >= 11 is 0. The van der Waals surface area contributed by atoms with Gasteiger partial charge in [-0.25, -0.2) is 14.4 Å². The highest BCUT2D eigenvalue weighted by Gasteiger charge is 2.24. The number of hydrogen-bond donors (Lipinski definition) is 2. The number of fused-ring (bicyclic) bond motifs is 1. The third kappa shape index (κ3) is 3.80. The summed E-state index contributed by atoms with van der Waals surface area (Å²) in [5.74, 6) is 0.977. The van der Waals surface area contributed by atoms with Crippen molar-refractivity contribution in [3.63, 3.8) is 0 Å². The molecular formula is C19H23FN4O. The monoisotopic (exact) mass is 342 g/mol. The molecule has 0 unspecified atom stereocenters. The Morgan fingerprint density at radius 3 is 2.88 bits per heavy atom. The first-order valence-electron chi connectivity index (χ1n) is 8.93. The Hall–Kier alpha value is -2.05. The summed E-state index contributed by atoms with van der Waals surface area (Å²) in [5.41, 5.74) is 3.23. The average Bonchev–Trinajstić information content (AvgIpc) is 2.61. The summed E-state index contributed by atoms with van der Waals surface area (Å²) in [6.45, 7) is 4.39. The Morgan fingerprint density at radius 1 is 1.24 bits per heavy atom. The Bertz CT molecular complexity index is 739. The molecule has 0 bridgehead atoms. The highest BCUT2D eigenvalue weighted by atomic mass is 19.1. The zero-order valence-electron chi connectivity index (χ0n) is 14.2. The van der Waals surface area contributed by atoms with Crippen LogP contribution in [0.1, 0.15) is 41.4 Å². The third-order valence-electron chi connectivity index (χ3n) is 5.13. The summed E-state index contributed by atoms with van der Waals surface area (Å²) in [7, 11) is 0. The smallest absolute Gasteiger partial charge is 0.131 e. The van der Waals surface area contributed by atoms with Crippen molar-refractivity contribution in [1.82, 2.24) is 20.2 Å². The van der Waals surface area contributed by atoms with E-state index in [0.717, 1.165) is 62.9 Å². The lowest BCUT2D eigenvalue weighted by Gasteiger charge is -2.31. The van der Waals surface area contributed by atoms with Crippen LogP contribution in [0.25, 0.3) is 0 Å². The minimum atomic E-state index is -0.387. The third-order valence-corrected chi connectivity index (χ3v) is 5.13. The fourth-order valence-electron chi connectivity index (χ4n) is 3.78. The van der Waals surface area contributed by atoms with E-state index in [1.165, 1.54) is 17.3 Å². The highest BCUT2D eigenvalue weighted by Crippen LogP contribution is 2.27. The molecule has 2 aliphatic heterocycles. The molecule has 0 saturated carbocycles. The molecule has 0 atom stereocenters. The fourth-order valence-corrected chi connectivity index (χ4v) is 3.78. The van der Waals surface area contributed by atoms with Gasteiger partial charge in [0.1, 0.15) is 17.4 Å². The van der Waals surface area contributed by atoms with E-state index in [-0.39, 0.29) is 11.6 Å². The van der Waals surface area contributed by atoms with Gasteiger partial charge in [-0.2, -0.15) is 0 Å². The van der Waals surface area contributed by atoms with Crippen LogP contribution < -0.4 is 5.32 Å². The molecule has 2 aromatic rings. The number of piperidine rings is 1. The van der Waals surface area contributed by atoms with Crippen LogP contribution in [0.15, 0.2) is 24.4 Å². The van der Waals surface area contributed by atoms with Crippen molar-refractivity contribution in [2.24, 2.45) is 0 Å². The van der Waals surface area contributed by atoms with Gasteiger partial charge in [-0.3, -0.25) is 4.90 Å². The van der Waals surface area contributed by atoms with E-state index < -0.39 is 0 Å². The van der Waals surface area contributed by atoms with Gasteiger partial charge in [0, 0.05) is 55.5 Å². The predicted molar refractivity (Wildman–Crippen MR) is 92.8 cm³/mol. The first-order chi connectivity index (χ1) is 12.2. The lowest BCUT2D eigenvalue weighted by atomic mass is 9.95. The van der Waals surface area contributed by atoms with Gasteiger partial charge in [0.25, 0.3) is 0 Å². The topological polar surface area (TPSA) is 61.3 Å². The molecule has 1 saturated heterocycles. The molecule has 132 valence electrons. The Labute approximate surface area is 146 Å². The molecule has 5 nitrogen and oxygen atoms in total. The molecule has 4 rings (SSSR count). The van der Waals surface area contributed by atoms with Crippen molar-refractivity contribution in [3.05, 3.63) is 52.9 Å². The van der Waals surface area contributed by atoms with E-state index in [4.69, 9.17) is 4.98 Å². The van der Waals surface area contributed by atoms with Crippen LogP contribution in [-0.2, 0) is 19.5 Å². The quantitative estimate of drug-likeness (QED) is 0.897. The van der Waals surface area contributed by atoms with E-state index in [2.05, 4.69) is 15.2 Å². The number of phenolic OH excluding ortho intramolecular Hbond substituents is 1. The molecular weight excluding hydrogens is 319 g/mol. The van der Waals surface area contributed by atoms with Gasteiger partial charge in [-0.1, -0.05) is 0 Å². The number of halogens is 1. The second kappa shape index (κ2) is 7.06. The van der Waals surface area contributed by atoms with Gasteiger partial charge < -0.3 is 10.4 Å². The van der Waals surface area contributed by atoms with Gasteiger partial charge >= 0.3 is 0 Å². The van der Waals surface area contributed by atoms with Crippen LogP contribution >= 0.6 is 0 Å². The number of aromatic hydroxyl groups is 1. The molecule has 0 aliphatic carbocycles. The zero-order valence-corrected chi connectivity index (χ0v) is 14.2. The molecule has 1 aromatic carbocycles. The minimum Gasteiger partial charge on any atom is -0.508 e. The lowest BCUT2D eigenvalue weighted by molar-refractivity contribution is 0.201. The van der Waals surface area contributed by atoms with Crippen molar-refractivity contribution >= 4 is 0 Å². The number of nitrogens with one attached hydrogen (secondary N) is 1. The number of phenols is 1. The maximum absolute atomic E-state index is 13.4. The number of aromatic nitrogens is 2. The SMILES string of the molecule is Oc1cc(F)cc(CN2CCC(c3ncc4c(n3)CCNC4)CC2)c1. The Morgan fingerprint density at radius 2 is 2.08 bits per heavy atom. The van der Waals surface area contributed by atoms with E-state index >= 15 is 0 Å². The standard InChI is InChI=1S/C19H23FN4O/c20-16-7-13(8-17(25)9-16)12-24-5-2-14(3-6-24)19-22-11-15-10-21-4-1-18(15)23-19/h7-9,11,14,21,25H,1-6,10,12H2. The molecule has 0 radical (unpaired) electrons. The van der Waals surface area contributed by atoms with Crippen LogP contribution in [0.4, 0.5) is 4.39 Å². The van der Waals surface area contributed by atoms with Crippen LogP contribution in [0.2, 0.25) is 0 Å². The zero-order chi connectivity index (χ0) is 17.2. The molecule has 2 aliphatic rings. The number of rotatable bonds is 3. The molecule has 0 spiro atoms. The second-order valence-corrected chi connectivity index (χ2v) is 7.00. The maximum atomic E-state index is 13.4. The summed E-state index contributed by atoms with van der Waals surface area (Å²) in [6, 6.07) is 4.26. The molecule has 0 amide bonds. The van der Waals surface area contributed by atoms with Gasteiger partial charge in [0.2, 0.25) is 0 Å². The van der Waals surface area contributed by atoms with Crippen molar-refractivity contribution in [2.45, 2.75) is 38.3 Å². The first-order valence-corrected chi connectivity index (χ1v) is 8.93. The second-order valence-electron chi connectivity index (χ2n) is 7.00. The van der Waals surface area contributed by atoms with Crippen molar-refractivity contribution in [3.8, 4) is 5.75 Å². The van der Waals surface area contributed by atoms with E-state index in [1.54, 1.807) is 6.07 Å². The largest absolute Gasteiger partial charge is 0.508 e. The van der Waals surface area contributed by atoms with Crippen molar-refractivity contribution in [1.29, 1.82) is 0 Å². The predicted octanol–water partition coefficient (Wildman–Crippen LogP) is 2.35. The fraction of sp³-hybridized carbons (Fsp3) is 0.474. The number of nitrogens with zero attached hydrogens (tertiary/aromatic N) is 3. The number of likely N-dealkylation sites (tertiary alicyclic amines) is 1. The molecule has 2 N–H and O–H groups in total. The van der Waals surface area contributed by atoms with Gasteiger partial charge in [0.15, 0.2) is 0 Å². The molecule has 25 heavy (non-hydrogen) atoms. The molecule has 1 aromatic heterocycles. The Kier molecular flexibility index (Phi) is 4.63. The Balaban J connectivity index is 1.38. The number of benzene rings is 1. The highest BCUT2D eigenvalue weighted by molar-refractivity contribution is 5.28. The average molecular weight is 342 g/mol. The van der Waals surface area contributed by atoms with Crippen LogP contribution in [-0.4, -0.2) is 39.6 Å². The molecule has 6 heteroatoms. The maximum Gasteiger partial charge on any atom is 0.131 e. The summed E-state index contributed by atoms with van der Waals surface area (Å²) < 4.78 is 13.4. The number of hydrogen-bond acceptors (Lipinski definition) is 5. The first kappa shape index (κ1) is 16.4. The van der Waals surface area contributed by atoms with E-state index in [1.807, 2.05) is 6.20 Å². The summed E-state index contributed by atoms with van der Waals surface area (Å²) in [6.07, 6.45) is 4.98. The van der Waals surface area contributed by atoms with E-state index in [9.17, 15) is 9.50 Å². The van der Waals surface area contributed by atoms with E-state index in [0.29, 0.717) is 12.5 Å². The normalized spacial score (nSPS) is 18.9. The minimum absolute atomic E-state index is 0.0122. The summed E-state index contributed by atoms with van der Waals surface area (Å²) in [4.78, 5) is 11.7. The van der Waals surface area contributed by atoms with Crippen LogP contribution in [0.5, 0.6) is 5.75 Å². The van der Waals surface area contributed by atoms with Gasteiger partial charge in [0.05, 0.1) is 0 Å². The lowest BCUT2D eigenvalue weighted by Crippen LogP contribution is -2.33. The van der Waals surface area contributed by atoms with Gasteiger partial charge in [-0.05, 0) is 43.6 Å². The van der Waals surface area contributed by atoms with Crippen LogP contribution in [0, 0.1) is 5.82 Å². The van der Waals surface area contributed by atoms with Crippen LogP contribution in [0.3, 0.4) is 0 Å². The van der Waals surface area contributed by atoms with Gasteiger partial charge in [-0.15, -0.1) is 0 Å². The summed E-state index contributed by atoms with van der Waals surface area (Å²) in [5, 5.41) is 12.9.